The largest absolute Gasteiger partial charge is 0.466 e. The number of nitrogens with zero attached hydrogens (tertiary/aromatic N) is 1. The first-order valence-electron chi connectivity index (χ1n) is 6.84. The van der Waals surface area contributed by atoms with Crippen LogP contribution in [0.1, 0.15) is 26.2 Å². The molecule has 0 aromatic heterocycles. The summed E-state index contributed by atoms with van der Waals surface area (Å²) in [6, 6.07) is 0.292. The first kappa shape index (κ1) is 17.1. The number of hydrogen-bond donors (Lipinski definition) is 1. The van der Waals surface area contributed by atoms with E-state index in [0.717, 1.165) is 12.8 Å². The number of hydrogen-bond acceptors (Lipinski definition) is 5. The van der Waals surface area contributed by atoms with Gasteiger partial charge in [0.25, 0.3) is 0 Å². The second-order valence-electron chi connectivity index (χ2n) is 4.92. The van der Waals surface area contributed by atoms with E-state index in [-0.39, 0.29) is 5.97 Å². The minimum absolute atomic E-state index is 0.291. The molecule has 0 bridgehead atoms. The van der Waals surface area contributed by atoms with Crippen LogP contribution in [0.3, 0.4) is 0 Å². The average molecular weight is 304 g/mol. The summed E-state index contributed by atoms with van der Waals surface area (Å²) in [5, 5.41) is 3.33. The van der Waals surface area contributed by atoms with Crippen molar-refractivity contribution in [2.45, 2.75) is 32.2 Å². The van der Waals surface area contributed by atoms with Crippen LogP contribution >= 0.6 is 0 Å². The summed E-state index contributed by atoms with van der Waals surface area (Å²) in [5.74, 6) is -0.291. The zero-order valence-electron chi connectivity index (χ0n) is 12.4. The Hall–Kier alpha value is -0.920. The van der Waals surface area contributed by atoms with Crippen molar-refractivity contribution in [3.63, 3.8) is 0 Å². The van der Waals surface area contributed by atoms with Crippen molar-refractivity contribution in [1.82, 2.24) is 9.62 Å². The van der Waals surface area contributed by atoms with E-state index in [9.17, 15) is 13.2 Å². The van der Waals surface area contributed by atoms with E-state index < -0.39 is 10.0 Å². The van der Waals surface area contributed by atoms with Crippen molar-refractivity contribution >= 4 is 16.0 Å². The van der Waals surface area contributed by atoms with Crippen molar-refractivity contribution in [2.75, 3.05) is 33.0 Å². The van der Waals surface area contributed by atoms with E-state index in [0.29, 0.717) is 37.7 Å². The SMILES string of the molecule is CCC(=CCNC1CCN(S(C)(=O)=O)CC1)C(=O)OC. The molecule has 0 saturated carbocycles. The molecule has 1 fully saturated rings. The van der Waals surface area contributed by atoms with Crippen LogP contribution < -0.4 is 5.32 Å². The van der Waals surface area contributed by atoms with Gasteiger partial charge in [-0.1, -0.05) is 13.0 Å². The number of rotatable bonds is 6. The number of esters is 1. The van der Waals surface area contributed by atoms with E-state index >= 15 is 0 Å². The molecule has 1 aliphatic rings. The summed E-state index contributed by atoms with van der Waals surface area (Å²) < 4.78 is 29.0. The molecular formula is C13H24N2O4S. The Morgan fingerprint density at radius 2 is 2.00 bits per heavy atom. The van der Waals surface area contributed by atoms with Gasteiger partial charge in [-0.15, -0.1) is 0 Å². The van der Waals surface area contributed by atoms with E-state index in [4.69, 9.17) is 0 Å². The maximum Gasteiger partial charge on any atom is 0.333 e. The molecule has 0 aromatic rings. The van der Waals surface area contributed by atoms with E-state index in [1.807, 2.05) is 13.0 Å². The van der Waals surface area contributed by atoms with E-state index in [1.54, 1.807) is 0 Å². The fraction of sp³-hybridized carbons (Fsp3) is 0.769. The summed E-state index contributed by atoms with van der Waals surface area (Å²) in [7, 11) is -1.69. The monoisotopic (exact) mass is 304 g/mol. The van der Waals surface area contributed by atoms with Gasteiger partial charge in [0.15, 0.2) is 0 Å². The summed E-state index contributed by atoms with van der Waals surface area (Å²) in [6.07, 6.45) is 5.31. The van der Waals surface area contributed by atoms with Gasteiger partial charge in [-0.2, -0.15) is 0 Å². The molecule has 1 heterocycles. The lowest BCUT2D eigenvalue weighted by Gasteiger charge is -2.30. The van der Waals surface area contributed by atoms with Gasteiger partial charge in [0.2, 0.25) is 10.0 Å². The van der Waals surface area contributed by atoms with Crippen LogP contribution in [0.4, 0.5) is 0 Å². The molecule has 7 heteroatoms. The zero-order valence-corrected chi connectivity index (χ0v) is 13.2. The topological polar surface area (TPSA) is 75.7 Å². The number of ether oxygens (including phenoxy) is 1. The smallest absolute Gasteiger partial charge is 0.333 e. The molecule has 6 nitrogen and oxygen atoms in total. The highest BCUT2D eigenvalue weighted by molar-refractivity contribution is 7.88. The molecule has 0 aromatic carbocycles. The Morgan fingerprint density at radius 3 is 2.45 bits per heavy atom. The van der Waals surface area contributed by atoms with Crippen molar-refractivity contribution in [3.8, 4) is 0 Å². The number of methoxy groups -OCH3 is 1. The van der Waals surface area contributed by atoms with Crippen molar-refractivity contribution < 1.29 is 17.9 Å². The van der Waals surface area contributed by atoms with Crippen molar-refractivity contribution in [1.29, 1.82) is 0 Å². The first-order valence-corrected chi connectivity index (χ1v) is 8.69. The van der Waals surface area contributed by atoms with Crippen LogP contribution in [0.5, 0.6) is 0 Å². The summed E-state index contributed by atoms with van der Waals surface area (Å²) in [5.41, 5.74) is 0.661. The maximum absolute atomic E-state index is 11.4. The average Bonchev–Trinajstić information content (AvgIpc) is 2.42. The minimum atomic E-state index is -3.07. The second-order valence-corrected chi connectivity index (χ2v) is 6.90. The highest BCUT2D eigenvalue weighted by atomic mass is 32.2. The third-order valence-electron chi connectivity index (χ3n) is 3.51. The quantitative estimate of drug-likeness (QED) is 0.571. The van der Waals surface area contributed by atoms with Crippen LogP contribution in [0.25, 0.3) is 0 Å². The molecule has 0 spiro atoms. The lowest BCUT2D eigenvalue weighted by Crippen LogP contribution is -2.44. The molecule has 116 valence electrons. The van der Waals surface area contributed by atoms with E-state index in [2.05, 4.69) is 10.1 Å². The molecule has 1 aliphatic heterocycles. The fourth-order valence-corrected chi connectivity index (χ4v) is 3.12. The minimum Gasteiger partial charge on any atom is -0.466 e. The molecule has 1 saturated heterocycles. The van der Waals surface area contributed by atoms with Gasteiger partial charge in [0, 0.05) is 31.2 Å². The third-order valence-corrected chi connectivity index (χ3v) is 4.81. The third kappa shape index (κ3) is 5.22. The predicted molar refractivity (Wildman–Crippen MR) is 77.8 cm³/mol. The van der Waals surface area contributed by atoms with Crippen LogP contribution in [0.2, 0.25) is 0 Å². The molecule has 0 atom stereocenters. The molecule has 0 unspecified atom stereocenters. The lowest BCUT2D eigenvalue weighted by molar-refractivity contribution is -0.136. The van der Waals surface area contributed by atoms with Gasteiger partial charge in [-0.3, -0.25) is 0 Å². The van der Waals surface area contributed by atoms with Gasteiger partial charge in [0.05, 0.1) is 13.4 Å². The fourth-order valence-electron chi connectivity index (χ4n) is 2.24. The molecule has 1 N–H and O–H groups in total. The maximum atomic E-state index is 11.4. The Kier molecular flexibility index (Phi) is 6.64. The summed E-state index contributed by atoms with van der Waals surface area (Å²) >= 11 is 0. The first-order chi connectivity index (χ1) is 9.38. The van der Waals surface area contributed by atoms with Gasteiger partial charge >= 0.3 is 5.97 Å². The van der Waals surface area contributed by atoms with Crippen LogP contribution in [0, 0.1) is 0 Å². The highest BCUT2D eigenvalue weighted by Gasteiger charge is 2.24. The Morgan fingerprint density at radius 1 is 1.40 bits per heavy atom. The van der Waals surface area contributed by atoms with Gasteiger partial charge in [-0.05, 0) is 19.3 Å². The molecule has 0 amide bonds. The van der Waals surface area contributed by atoms with Gasteiger partial charge < -0.3 is 10.1 Å². The Balaban J connectivity index is 2.38. The second kappa shape index (κ2) is 7.75. The zero-order chi connectivity index (χ0) is 15.2. The Bertz CT molecular complexity index is 451. The molecule has 1 rings (SSSR count). The number of carbonyl (C=O) groups is 1. The van der Waals surface area contributed by atoms with Crippen LogP contribution in [-0.4, -0.2) is 57.7 Å². The molecule has 20 heavy (non-hydrogen) atoms. The molecule has 0 aliphatic carbocycles. The molecular weight excluding hydrogens is 280 g/mol. The van der Waals surface area contributed by atoms with Crippen LogP contribution in [0.15, 0.2) is 11.6 Å². The summed E-state index contributed by atoms with van der Waals surface area (Å²) in [4.78, 5) is 11.4. The number of nitrogens with one attached hydrogen (secondary N) is 1. The van der Waals surface area contributed by atoms with Crippen LogP contribution in [-0.2, 0) is 19.6 Å². The number of piperidine rings is 1. The number of sulfonamides is 1. The summed E-state index contributed by atoms with van der Waals surface area (Å²) in [6.45, 7) is 3.62. The Labute approximate surface area is 121 Å². The van der Waals surface area contributed by atoms with Crippen molar-refractivity contribution in [2.24, 2.45) is 0 Å². The lowest BCUT2D eigenvalue weighted by atomic mass is 10.1. The van der Waals surface area contributed by atoms with Gasteiger partial charge in [0.1, 0.15) is 0 Å². The predicted octanol–water partition coefficient (Wildman–Crippen LogP) is 0.509. The van der Waals surface area contributed by atoms with Crippen molar-refractivity contribution in [3.05, 3.63) is 11.6 Å². The van der Waals surface area contributed by atoms with Gasteiger partial charge in [-0.25, -0.2) is 17.5 Å². The highest BCUT2D eigenvalue weighted by Crippen LogP contribution is 2.13. The standard InChI is InChI=1S/C13H24N2O4S/c1-4-11(13(16)19-2)5-8-14-12-6-9-15(10-7-12)20(3,17)18/h5,12,14H,4,6-10H2,1-3H3. The van der Waals surface area contributed by atoms with E-state index in [1.165, 1.54) is 17.7 Å². The molecule has 0 radical (unpaired) electrons. The number of carbonyl (C=O) groups excluding carboxylic acids is 1. The normalized spacial score (nSPS) is 19.1.